The summed E-state index contributed by atoms with van der Waals surface area (Å²) in [5.41, 5.74) is 2.95. The highest BCUT2D eigenvalue weighted by Gasteiger charge is 2.18. The van der Waals surface area contributed by atoms with Crippen LogP contribution >= 0.6 is 15.9 Å². The summed E-state index contributed by atoms with van der Waals surface area (Å²) in [7, 11) is 0. The van der Waals surface area contributed by atoms with Crippen LogP contribution in [0, 0.1) is 5.92 Å². The Bertz CT molecular complexity index is 380. The van der Waals surface area contributed by atoms with Crippen LogP contribution in [0.4, 0.5) is 0 Å². The van der Waals surface area contributed by atoms with Gasteiger partial charge in [-0.25, -0.2) is 0 Å². The van der Waals surface area contributed by atoms with Crippen molar-refractivity contribution >= 4 is 15.9 Å². The predicted molar refractivity (Wildman–Crippen MR) is 74.2 cm³/mol. The summed E-state index contributed by atoms with van der Waals surface area (Å²) in [6.45, 7) is 3.25. The maximum Gasteiger partial charge on any atom is 0.0468 e. The largest absolute Gasteiger partial charge is 0.396 e. The van der Waals surface area contributed by atoms with Gasteiger partial charge in [-0.1, -0.05) is 28.9 Å². The van der Waals surface area contributed by atoms with Crippen LogP contribution in [-0.4, -0.2) is 24.3 Å². The number of benzene rings is 1. The van der Waals surface area contributed by atoms with Crippen molar-refractivity contribution in [3.63, 3.8) is 0 Å². The Morgan fingerprint density at radius 3 is 3.06 bits per heavy atom. The summed E-state index contributed by atoms with van der Waals surface area (Å²) in [5.74, 6) is 0.348. The molecule has 1 aliphatic carbocycles. The third-order valence-corrected chi connectivity index (χ3v) is 3.96. The molecule has 2 nitrogen and oxygen atoms in total. The summed E-state index contributed by atoms with van der Waals surface area (Å²) >= 11 is 3.52. The fourth-order valence-electron chi connectivity index (χ4n) is 2.33. The second-order valence-electron chi connectivity index (χ2n) is 5.05. The van der Waals surface area contributed by atoms with Crippen molar-refractivity contribution in [3.05, 3.63) is 33.8 Å². The Balaban J connectivity index is 1.92. The Morgan fingerprint density at radius 2 is 2.29 bits per heavy atom. The highest BCUT2D eigenvalue weighted by atomic mass is 79.9. The van der Waals surface area contributed by atoms with Gasteiger partial charge in [-0.15, -0.1) is 0 Å². The van der Waals surface area contributed by atoms with Crippen LogP contribution in [0.1, 0.15) is 24.5 Å². The molecule has 1 aromatic carbocycles. The molecule has 0 spiro atoms. The van der Waals surface area contributed by atoms with Gasteiger partial charge in [0, 0.05) is 23.7 Å². The number of halogens is 1. The van der Waals surface area contributed by atoms with E-state index in [0.29, 0.717) is 12.0 Å². The van der Waals surface area contributed by atoms with Crippen LogP contribution in [-0.2, 0) is 12.8 Å². The van der Waals surface area contributed by atoms with Crippen molar-refractivity contribution < 1.29 is 5.11 Å². The highest BCUT2D eigenvalue weighted by molar-refractivity contribution is 9.10. The van der Waals surface area contributed by atoms with Gasteiger partial charge in [0.1, 0.15) is 0 Å². The van der Waals surface area contributed by atoms with Crippen LogP contribution in [0.5, 0.6) is 0 Å². The Kier molecular flexibility index (Phi) is 4.60. The zero-order valence-electron chi connectivity index (χ0n) is 10.2. The lowest BCUT2D eigenvalue weighted by Gasteiger charge is -2.26. The Hall–Kier alpha value is -0.380. The molecule has 2 unspecified atom stereocenters. The molecule has 94 valence electrons. The average molecular weight is 298 g/mol. The average Bonchev–Trinajstić information content (AvgIpc) is 2.35. The van der Waals surface area contributed by atoms with Gasteiger partial charge >= 0.3 is 0 Å². The van der Waals surface area contributed by atoms with Crippen LogP contribution in [0.15, 0.2) is 22.7 Å². The molecular formula is C14H20BrNO. The lowest BCUT2D eigenvalue weighted by molar-refractivity contribution is 0.228. The molecule has 0 saturated carbocycles. The first-order chi connectivity index (χ1) is 8.19. The number of rotatable bonds is 4. The Morgan fingerprint density at radius 1 is 1.47 bits per heavy atom. The van der Waals surface area contributed by atoms with Gasteiger partial charge in [-0.3, -0.25) is 0 Å². The number of nitrogens with one attached hydrogen (secondary N) is 1. The predicted octanol–water partition coefficient (Wildman–Crippen LogP) is 2.52. The maximum atomic E-state index is 9.01. The minimum atomic E-state index is 0.267. The molecule has 0 saturated heterocycles. The molecule has 0 aliphatic heterocycles. The molecule has 0 bridgehead atoms. The summed E-state index contributed by atoms with van der Waals surface area (Å²) in [6, 6.07) is 7.15. The third-order valence-electron chi connectivity index (χ3n) is 3.46. The monoisotopic (exact) mass is 297 g/mol. The Labute approximate surface area is 112 Å². The van der Waals surface area contributed by atoms with E-state index in [-0.39, 0.29) is 6.61 Å². The molecule has 0 aromatic heterocycles. The van der Waals surface area contributed by atoms with Gasteiger partial charge in [0.15, 0.2) is 0 Å². The molecular weight excluding hydrogens is 278 g/mol. The first-order valence-electron chi connectivity index (χ1n) is 6.30. The fraction of sp³-hybridized carbons (Fsp3) is 0.571. The molecule has 0 amide bonds. The van der Waals surface area contributed by atoms with Gasteiger partial charge in [0.25, 0.3) is 0 Å². The van der Waals surface area contributed by atoms with E-state index < -0.39 is 0 Å². The van der Waals surface area contributed by atoms with Crippen molar-refractivity contribution in [2.75, 3.05) is 13.2 Å². The zero-order chi connectivity index (χ0) is 12.3. The molecule has 0 radical (unpaired) electrons. The summed E-state index contributed by atoms with van der Waals surface area (Å²) in [4.78, 5) is 0. The van der Waals surface area contributed by atoms with E-state index >= 15 is 0 Å². The smallest absolute Gasteiger partial charge is 0.0468 e. The normalized spacial score (nSPS) is 21.0. The van der Waals surface area contributed by atoms with Gasteiger partial charge < -0.3 is 10.4 Å². The van der Waals surface area contributed by atoms with Crippen LogP contribution in [0.2, 0.25) is 0 Å². The molecule has 0 heterocycles. The fourth-order valence-corrected chi connectivity index (χ4v) is 2.74. The van der Waals surface area contributed by atoms with E-state index in [1.165, 1.54) is 22.0 Å². The zero-order valence-corrected chi connectivity index (χ0v) is 11.8. The quantitative estimate of drug-likeness (QED) is 0.895. The molecule has 2 rings (SSSR count). The van der Waals surface area contributed by atoms with Crippen molar-refractivity contribution in [2.45, 2.75) is 32.2 Å². The number of hydrogen-bond acceptors (Lipinski definition) is 2. The lowest BCUT2D eigenvalue weighted by atomic mass is 9.88. The first-order valence-corrected chi connectivity index (χ1v) is 7.10. The van der Waals surface area contributed by atoms with Crippen molar-refractivity contribution in [2.24, 2.45) is 5.92 Å². The standard InChI is InChI=1S/C14H20BrNO/c1-10(9-17)8-16-14-5-3-11-6-13(15)4-2-12(11)7-14/h2,4,6,10,14,16-17H,3,5,7-9H2,1H3. The topological polar surface area (TPSA) is 32.3 Å². The second kappa shape index (κ2) is 5.98. The van der Waals surface area contributed by atoms with E-state index in [4.69, 9.17) is 5.11 Å². The number of hydrogen-bond donors (Lipinski definition) is 2. The molecule has 1 aliphatic rings. The van der Waals surface area contributed by atoms with E-state index in [1.807, 2.05) is 0 Å². The van der Waals surface area contributed by atoms with Gasteiger partial charge in [-0.05, 0) is 48.4 Å². The van der Waals surface area contributed by atoms with E-state index in [9.17, 15) is 0 Å². The SMILES string of the molecule is CC(CO)CNC1CCc2cc(Br)ccc2C1. The lowest BCUT2D eigenvalue weighted by Crippen LogP contribution is -2.37. The first kappa shape index (κ1) is 13.1. The van der Waals surface area contributed by atoms with Crippen molar-refractivity contribution in [1.82, 2.24) is 5.32 Å². The van der Waals surface area contributed by atoms with Crippen molar-refractivity contribution in [1.29, 1.82) is 0 Å². The second-order valence-corrected chi connectivity index (χ2v) is 5.96. The highest BCUT2D eigenvalue weighted by Crippen LogP contribution is 2.24. The molecule has 2 N–H and O–H groups in total. The van der Waals surface area contributed by atoms with Gasteiger partial charge in [-0.2, -0.15) is 0 Å². The molecule has 17 heavy (non-hydrogen) atoms. The number of aliphatic hydroxyl groups excluding tert-OH is 1. The minimum Gasteiger partial charge on any atom is -0.396 e. The number of aliphatic hydroxyl groups is 1. The molecule has 0 fully saturated rings. The minimum absolute atomic E-state index is 0.267. The van der Waals surface area contributed by atoms with E-state index in [0.717, 1.165) is 19.4 Å². The molecule has 3 heteroatoms. The molecule has 1 aromatic rings. The third kappa shape index (κ3) is 3.54. The number of fused-ring (bicyclic) bond motifs is 1. The van der Waals surface area contributed by atoms with Crippen LogP contribution < -0.4 is 5.32 Å². The van der Waals surface area contributed by atoms with Crippen LogP contribution in [0.3, 0.4) is 0 Å². The van der Waals surface area contributed by atoms with Gasteiger partial charge in [0.05, 0.1) is 0 Å². The van der Waals surface area contributed by atoms with E-state index in [2.05, 4.69) is 46.4 Å². The maximum absolute atomic E-state index is 9.01. The van der Waals surface area contributed by atoms with Crippen molar-refractivity contribution in [3.8, 4) is 0 Å². The molecule has 2 atom stereocenters. The van der Waals surface area contributed by atoms with Gasteiger partial charge in [0.2, 0.25) is 0 Å². The summed E-state index contributed by atoms with van der Waals surface area (Å²) < 4.78 is 1.18. The summed E-state index contributed by atoms with van der Waals surface area (Å²) in [5, 5.41) is 12.6. The van der Waals surface area contributed by atoms with E-state index in [1.54, 1.807) is 0 Å². The number of aryl methyl sites for hydroxylation is 1. The van der Waals surface area contributed by atoms with Crippen LogP contribution in [0.25, 0.3) is 0 Å². The summed E-state index contributed by atoms with van der Waals surface area (Å²) in [6.07, 6.45) is 3.46.